The van der Waals surface area contributed by atoms with Crippen LogP contribution in [0.3, 0.4) is 0 Å². The number of hydrogen-bond donors (Lipinski definition) is 18. The molecule has 0 saturated carbocycles. The van der Waals surface area contributed by atoms with Crippen molar-refractivity contribution < 1.29 is 107 Å². The first kappa shape index (κ1) is 104. The third kappa shape index (κ3) is 26.6. The predicted molar refractivity (Wildman–Crippen MR) is 491 cm³/mol. The van der Waals surface area contributed by atoms with Gasteiger partial charge in [-0.25, -0.2) is 29.7 Å². The second-order valence-electron chi connectivity index (χ2n) is 32.2. The van der Waals surface area contributed by atoms with E-state index in [1.165, 1.54) is 101 Å². The minimum Gasteiger partial charge on any atom is -0.455 e. The van der Waals surface area contributed by atoms with Crippen LogP contribution in [0.25, 0.3) is 6.08 Å². The number of rotatable bonds is 29. The molecule has 19 N–H and O–H groups in total. The van der Waals surface area contributed by atoms with Crippen molar-refractivity contribution in [2.45, 2.75) is 217 Å². The smallest absolute Gasteiger partial charge is 0.357 e. The number of nitrogens with one attached hydrogen (secondary N) is 12. The van der Waals surface area contributed by atoms with Crippen molar-refractivity contribution in [3.63, 3.8) is 0 Å². The summed E-state index contributed by atoms with van der Waals surface area (Å²) in [6, 6.07) is -12.9. The fraction of sp³-hybridized carbons (Fsp3) is 0.548. The molecule has 5 aromatic rings. The average molecular weight is 1950 g/mol. The first-order chi connectivity index (χ1) is 62.7. The van der Waals surface area contributed by atoms with Crippen molar-refractivity contribution >= 4 is 163 Å². The number of carbonyl (C=O) groups excluding carboxylic acids is 13. The highest BCUT2D eigenvalue weighted by Gasteiger charge is 2.52. The Kier molecular flexibility index (Phi) is 37.4. The van der Waals surface area contributed by atoms with Crippen LogP contribution in [0, 0.1) is 5.92 Å². The normalized spacial score (nSPS) is 25.1. The Morgan fingerprint density at radius 2 is 1.42 bits per heavy atom. The number of nitrogens with zero attached hydrogens (tertiary/aromatic N) is 7. The van der Waals surface area contributed by atoms with E-state index in [4.69, 9.17) is 44.6 Å². The van der Waals surface area contributed by atoms with Crippen molar-refractivity contribution in [2.24, 2.45) is 21.6 Å². The molecule has 4 aliphatic heterocycles. The number of primary amides is 1. The molecular formula is C84H112N20O22S6. The van der Waals surface area contributed by atoms with E-state index in [1.807, 2.05) is 6.92 Å². The summed E-state index contributed by atoms with van der Waals surface area (Å²) in [5.41, 5.74) is -0.0260. The highest BCUT2D eigenvalue weighted by molar-refractivity contribution is 8.14. The molecule has 0 fully saturated rings. The Labute approximate surface area is 784 Å². The molecule has 9 heterocycles. The van der Waals surface area contributed by atoms with Gasteiger partial charge in [-0.05, 0) is 98.6 Å². The number of thioether (sulfide) groups is 2. The van der Waals surface area contributed by atoms with E-state index in [0.717, 1.165) is 57.1 Å². The van der Waals surface area contributed by atoms with Gasteiger partial charge in [0, 0.05) is 84.0 Å². The highest BCUT2D eigenvalue weighted by atomic mass is 32.2. The van der Waals surface area contributed by atoms with Crippen LogP contribution in [-0.2, 0) is 67.6 Å². The van der Waals surface area contributed by atoms with E-state index in [0.29, 0.717) is 72.0 Å². The second-order valence-corrected chi connectivity index (χ2v) is 37.9. The number of ether oxygens (including phenoxy) is 4. The van der Waals surface area contributed by atoms with Gasteiger partial charge in [-0.2, -0.15) is 11.8 Å². The number of aliphatic hydroxyl groups excluding tert-OH is 4. The SMILES string of the molecule is C=C1NC(=O)[C@H](C)NC(=O)[C@H]([C@@H](C)CC)NC2C=Cc3c([C@H](C)O)cc(nc3[C@H]2O)C(=O)O[C@H](C)[C@@H]2NC(=O)c3csc(n3)[C@H]([C@](C)(O)[C@@H](C)O)NC(=O)[C@H]3CSC(=N3)/C(=C/C)NC(=O)[C@H]([C@@H](C)O)NC(=O)c3csc(n3)C3(CCC(c4nc(C(=O)NC(CSCCC(=O)NCCCOCCOCCOCCCNC(C)=O)C(N)=O)cs4)=N[C@@H]3c3csc2n3)NC(=O)[C@H](C)NC1=O. The molecular weight excluding hydrogens is 1830 g/mol. The van der Waals surface area contributed by atoms with E-state index in [9.17, 15) is 73.5 Å². The van der Waals surface area contributed by atoms with Gasteiger partial charge in [-0.15, -0.1) is 57.1 Å². The van der Waals surface area contributed by atoms with E-state index < -0.39 is 184 Å². The summed E-state index contributed by atoms with van der Waals surface area (Å²) in [6.07, 6.45) is -1.93. The topological polar surface area (TPSA) is 620 Å². The standard InChI is InChI=1S/C84H112N20O22S6/c1-13-38(3)60-75(119)90-40(5)69(113)88-39(4)68(112)89-41(6)70(114)104-84-21-19-51(78-98-55(34-129-78)71(115)95-54(67(85)111)32-127-30-20-59(109)87-23-16-25-124-27-29-125-28-26-123-24-15-22-86-46(11)108)93-65(84)53-33-130-79(96-53)62(44(9)126-81(121)52-31-48(42(7)105)47-17-18-50(91-60)64(110)63(47)92-52)102-72(116)56-36-131-80(99-56)66(83(12,122)45(10)107)103-74(118)57-35-128-77(97-57)49(14-2)94-76(120)61(43(8)106)101-73(117)58-37-132-82(84)100-58/h14,17-18,31,33-34,36-38,40-45,50,54,57,60-62,64-66,91,105-107,110,122H,4,13,15-16,19-30,32,35H2,1-3,5-12H3,(H2,85,111)(H,86,108)(H,87,109)(H,88,113)(H,89,112)(H,90,119)(H,94,120)(H,95,115)(H,101,117)(H,102,116)(H,103,118)(H,104,114)/b49-14-/t38-,40-,41-,42-,43+,44+,45+,50?,54?,57+,60-,61-,62-,64-,65+,66+,83+,84?/m0/s1. The minimum atomic E-state index is -2.22. The molecule has 5 aliphatic rings. The fourth-order valence-electron chi connectivity index (χ4n) is 14.1. The van der Waals surface area contributed by atoms with Gasteiger partial charge in [0.25, 0.3) is 23.6 Å². The van der Waals surface area contributed by atoms with Gasteiger partial charge in [0.05, 0.1) is 85.3 Å². The number of aromatic nitrogens is 5. The molecule has 5 aromatic heterocycles. The lowest BCUT2D eigenvalue weighted by Gasteiger charge is -2.41. The summed E-state index contributed by atoms with van der Waals surface area (Å²) in [4.78, 5) is 218. The Hall–Kier alpha value is -10.3. The van der Waals surface area contributed by atoms with Crippen molar-refractivity contribution in [1.82, 2.24) is 88.7 Å². The number of carbonyl (C=O) groups is 13. The van der Waals surface area contributed by atoms with Crippen LogP contribution in [0.15, 0.2) is 67.7 Å². The Bertz CT molecular complexity index is 5200. The van der Waals surface area contributed by atoms with Gasteiger partial charge >= 0.3 is 5.97 Å². The summed E-state index contributed by atoms with van der Waals surface area (Å²) in [5.74, 6) is -11.0. The van der Waals surface area contributed by atoms with Crippen molar-refractivity contribution in [3.8, 4) is 0 Å². The monoisotopic (exact) mass is 1940 g/mol. The van der Waals surface area contributed by atoms with Crippen LogP contribution in [-0.4, -0.2) is 274 Å². The van der Waals surface area contributed by atoms with Crippen LogP contribution in [0.2, 0.25) is 0 Å². The van der Waals surface area contributed by atoms with Gasteiger partial charge < -0.3 is 109 Å². The zero-order valence-corrected chi connectivity index (χ0v) is 79.3. The number of pyridine rings is 1. The molecule has 10 rings (SSSR count). The van der Waals surface area contributed by atoms with Gasteiger partial charge in [-0.3, -0.25) is 72.8 Å². The van der Waals surface area contributed by atoms with Crippen LogP contribution < -0.4 is 69.5 Å². The summed E-state index contributed by atoms with van der Waals surface area (Å²) in [5, 5.41) is 96.7. The number of amides is 12. The van der Waals surface area contributed by atoms with Crippen molar-refractivity contribution in [3.05, 3.63) is 123 Å². The average Bonchev–Trinajstić information content (AvgIpc) is 1.50. The van der Waals surface area contributed by atoms with Gasteiger partial charge in [-0.1, -0.05) is 45.1 Å². The number of aliphatic hydroxyl groups is 5. The van der Waals surface area contributed by atoms with E-state index in [2.05, 4.69) is 85.3 Å². The van der Waals surface area contributed by atoms with E-state index in [1.54, 1.807) is 26.0 Å². The lowest BCUT2D eigenvalue weighted by molar-refractivity contribution is -0.131. The van der Waals surface area contributed by atoms with Crippen LogP contribution in [0.5, 0.6) is 0 Å². The van der Waals surface area contributed by atoms with E-state index >= 15 is 14.4 Å². The number of nitrogens with two attached hydrogens (primary N) is 1. The third-order valence-electron chi connectivity index (χ3n) is 22.1. The molecule has 3 unspecified atom stereocenters. The van der Waals surface area contributed by atoms with Crippen LogP contribution in [0.4, 0.5) is 0 Å². The first-order valence-corrected chi connectivity index (χ1v) is 48.4. The van der Waals surface area contributed by atoms with Gasteiger partial charge in [0.15, 0.2) is 0 Å². The lowest BCUT2D eigenvalue weighted by Crippen LogP contribution is -2.57. The van der Waals surface area contributed by atoms with Crippen LogP contribution >= 0.6 is 68.9 Å². The van der Waals surface area contributed by atoms with Crippen molar-refractivity contribution in [2.75, 3.05) is 70.0 Å². The fourth-order valence-corrected chi connectivity index (χ4v) is 19.9. The second kappa shape index (κ2) is 47.5. The number of cyclic esters (lactones) is 1. The summed E-state index contributed by atoms with van der Waals surface area (Å²) >= 11 is 5.67. The molecule has 12 amide bonds. The van der Waals surface area contributed by atoms with E-state index in [-0.39, 0.29) is 124 Å². The molecule has 0 spiro atoms. The zero-order valence-electron chi connectivity index (χ0n) is 74.4. The molecule has 18 atom stereocenters. The molecule has 0 radical (unpaired) electrons. The Balaban J connectivity index is 1.04. The largest absolute Gasteiger partial charge is 0.455 e. The third-order valence-corrected chi connectivity index (χ3v) is 28.1. The molecule has 13 bridgehead atoms. The molecule has 132 heavy (non-hydrogen) atoms. The molecule has 716 valence electrons. The number of hydrogen-bond acceptors (Lipinski definition) is 36. The predicted octanol–water partition coefficient (Wildman–Crippen LogP) is 1.20. The summed E-state index contributed by atoms with van der Waals surface area (Å²) in [7, 11) is 0. The molecule has 42 nitrogen and oxygen atoms in total. The maximum absolute atomic E-state index is 15.5. The Morgan fingerprint density at radius 1 is 0.750 bits per heavy atom. The molecule has 0 saturated heterocycles. The number of thiazole rings is 4. The quantitative estimate of drug-likeness (QED) is 0.0182. The Morgan fingerprint density at radius 3 is 2.08 bits per heavy atom. The highest BCUT2D eigenvalue weighted by Crippen LogP contribution is 2.48. The maximum Gasteiger partial charge on any atom is 0.357 e. The summed E-state index contributed by atoms with van der Waals surface area (Å²) in [6.45, 7) is 22.7. The lowest BCUT2D eigenvalue weighted by atomic mass is 9.80. The summed E-state index contributed by atoms with van der Waals surface area (Å²) < 4.78 is 22.9. The molecule has 0 aromatic carbocycles. The zero-order chi connectivity index (χ0) is 96.2. The number of allylic oxidation sites excluding steroid dienone is 1. The van der Waals surface area contributed by atoms with Crippen LogP contribution in [0.1, 0.15) is 230 Å². The number of fused-ring (bicyclic) bond motifs is 7. The molecule has 48 heteroatoms. The van der Waals surface area contributed by atoms with Gasteiger partial charge in [0.2, 0.25) is 47.3 Å². The minimum absolute atomic E-state index is 0.0190. The number of esters is 1. The van der Waals surface area contributed by atoms with Gasteiger partial charge in [0.1, 0.15) is 120 Å². The number of aliphatic imine (C=N–C) groups is 2. The maximum atomic E-state index is 15.5. The van der Waals surface area contributed by atoms with Crippen molar-refractivity contribution in [1.29, 1.82) is 0 Å². The molecule has 1 aliphatic carbocycles. The first-order valence-electron chi connectivity index (χ1n) is 42.7.